The molecule has 2 rings (SSSR count). The largest absolute Gasteiger partial charge is 0.497 e. The van der Waals surface area contributed by atoms with Gasteiger partial charge in [0.1, 0.15) is 5.75 Å². The monoisotopic (exact) mass is 347 g/mol. The van der Waals surface area contributed by atoms with Crippen LogP contribution in [-0.2, 0) is 4.74 Å². The number of rotatable bonds is 8. The van der Waals surface area contributed by atoms with Gasteiger partial charge in [-0.05, 0) is 56.7 Å². The first-order valence-electron chi connectivity index (χ1n) is 9.36. The van der Waals surface area contributed by atoms with Gasteiger partial charge >= 0.3 is 0 Å². The van der Waals surface area contributed by atoms with E-state index >= 15 is 0 Å². The van der Waals surface area contributed by atoms with Crippen molar-refractivity contribution in [1.29, 1.82) is 0 Å². The van der Waals surface area contributed by atoms with Crippen LogP contribution in [0.4, 0.5) is 0 Å². The van der Waals surface area contributed by atoms with E-state index in [0.29, 0.717) is 12.5 Å². The van der Waals surface area contributed by atoms with Crippen LogP contribution in [0.25, 0.3) is 0 Å². The van der Waals surface area contributed by atoms with E-state index in [0.717, 1.165) is 50.7 Å². The zero-order valence-corrected chi connectivity index (χ0v) is 16.1. The predicted molar refractivity (Wildman–Crippen MR) is 104 cm³/mol. The van der Waals surface area contributed by atoms with Crippen molar-refractivity contribution in [1.82, 2.24) is 10.6 Å². The summed E-state index contributed by atoms with van der Waals surface area (Å²) < 4.78 is 11.0. The Morgan fingerprint density at radius 3 is 2.68 bits per heavy atom. The van der Waals surface area contributed by atoms with Crippen LogP contribution in [0, 0.1) is 0 Å². The van der Waals surface area contributed by atoms with E-state index in [4.69, 9.17) is 14.5 Å². The van der Waals surface area contributed by atoms with E-state index in [1.54, 1.807) is 7.11 Å². The van der Waals surface area contributed by atoms with E-state index in [2.05, 4.69) is 43.5 Å². The van der Waals surface area contributed by atoms with E-state index < -0.39 is 0 Å². The average Bonchev–Trinajstić information content (AvgIpc) is 3.06. The Balaban J connectivity index is 1.81. The Morgan fingerprint density at radius 2 is 2.08 bits per heavy atom. The van der Waals surface area contributed by atoms with Gasteiger partial charge in [-0.2, -0.15) is 0 Å². The molecule has 25 heavy (non-hydrogen) atoms. The molecule has 0 saturated carbocycles. The summed E-state index contributed by atoms with van der Waals surface area (Å²) in [6, 6.07) is 8.32. The lowest BCUT2D eigenvalue weighted by Crippen LogP contribution is -2.39. The first-order chi connectivity index (χ1) is 12.1. The minimum Gasteiger partial charge on any atom is -0.497 e. The Morgan fingerprint density at radius 1 is 1.32 bits per heavy atom. The van der Waals surface area contributed by atoms with Crippen LogP contribution >= 0.6 is 0 Å². The van der Waals surface area contributed by atoms with Crippen molar-refractivity contribution in [3.05, 3.63) is 29.8 Å². The summed E-state index contributed by atoms with van der Waals surface area (Å²) in [5.74, 6) is 2.26. The number of guanidine groups is 1. The third-order valence-electron chi connectivity index (χ3n) is 4.77. The fourth-order valence-electron chi connectivity index (χ4n) is 3.06. The van der Waals surface area contributed by atoms with E-state index in [1.165, 1.54) is 5.56 Å². The number of methoxy groups -OCH3 is 1. The van der Waals surface area contributed by atoms with Crippen molar-refractivity contribution >= 4 is 5.96 Å². The molecule has 0 aliphatic carbocycles. The Hall–Kier alpha value is -1.75. The molecule has 2 atom stereocenters. The van der Waals surface area contributed by atoms with Gasteiger partial charge in [-0.25, -0.2) is 0 Å². The summed E-state index contributed by atoms with van der Waals surface area (Å²) in [7, 11) is 1.70. The highest BCUT2D eigenvalue weighted by molar-refractivity contribution is 5.79. The number of nitrogens with one attached hydrogen (secondary N) is 2. The van der Waals surface area contributed by atoms with Gasteiger partial charge in [0, 0.05) is 19.7 Å². The van der Waals surface area contributed by atoms with Crippen molar-refractivity contribution in [2.24, 2.45) is 4.99 Å². The number of nitrogens with zero attached hydrogens (tertiary/aromatic N) is 1. The highest BCUT2D eigenvalue weighted by Crippen LogP contribution is 2.25. The lowest BCUT2D eigenvalue weighted by Gasteiger charge is -2.21. The van der Waals surface area contributed by atoms with E-state index in [-0.39, 0.29) is 5.60 Å². The Kier molecular flexibility index (Phi) is 7.56. The molecule has 1 aliphatic rings. The molecule has 0 spiro atoms. The molecule has 1 fully saturated rings. The molecular formula is C20H33N3O2. The summed E-state index contributed by atoms with van der Waals surface area (Å²) >= 11 is 0. The molecule has 1 aromatic rings. The first kappa shape index (κ1) is 19.6. The minimum atomic E-state index is -0.0985. The second-order valence-electron chi connectivity index (χ2n) is 6.99. The average molecular weight is 348 g/mol. The second-order valence-corrected chi connectivity index (χ2v) is 6.99. The van der Waals surface area contributed by atoms with E-state index in [9.17, 15) is 0 Å². The third-order valence-corrected chi connectivity index (χ3v) is 4.77. The number of hydrogen-bond donors (Lipinski definition) is 2. The van der Waals surface area contributed by atoms with E-state index in [1.807, 2.05) is 12.1 Å². The van der Waals surface area contributed by atoms with Gasteiger partial charge in [-0.1, -0.05) is 19.1 Å². The normalized spacial score (nSPS) is 21.8. The molecule has 1 aliphatic heterocycles. The van der Waals surface area contributed by atoms with Gasteiger partial charge in [0.25, 0.3) is 0 Å². The first-order valence-corrected chi connectivity index (χ1v) is 9.36. The van der Waals surface area contributed by atoms with Crippen LogP contribution < -0.4 is 15.4 Å². The topological polar surface area (TPSA) is 54.9 Å². The molecule has 0 amide bonds. The van der Waals surface area contributed by atoms with Gasteiger partial charge in [0.15, 0.2) is 5.96 Å². The van der Waals surface area contributed by atoms with Crippen molar-refractivity contribution < 1.29 is 9.47 Å². The number of hydrogen-bond acceptors (Lipinski definition) is 3. The molecule has 1 saturated heterocycles. The molecule has 140 valence electrons. The number of aliphatic imine (C=N–C) groups is 1. The summed E-state index contributed by atoms with van der Waals surface area (Å²) in [5, 5.41) is 6.76. The molecule has 2 N–H and O–H groups in total. The fraction of sp³-hybridized carbons (Fsp3) is 0.650. The van der Waals surface area contributed by atoms with Crippen molar-refractivity contribution in [3.8, 4) is 5.75 Å². The number of benzene rings is 1. The molecule has 2 unspecified atom stereocenters. The van der Waals surface area contributed by atoms with Crippen molar-refractivity contribution in [2.45, 2.75) is 51.6 Å². The molecule has 1 aromatic carbocycles. The van der Waals surface area contributed by atoms with Gasteiger partial charge in [-0.15, -0.1) is 0 Å². The highest BCUT2D eigenvalue weighted by Gasteiger charge is 2.29. The summed E-state index contributed by atoms with van der Waals surface area (Å²) in [5.41, 5.74) is 1.23. The zero-order chi connectivity index (χ0) is 18.1. The number of ether oxygens (including phenoxy) is 2. The lowest BCUT2D eigenvalue weighted by atomic mass is 9.98. The summed E-state index contributed by atoms with van der Waals surface area (Å²) in [4.78, 5) is 4.71. The smallest absolute Gasteiger partial charge is 0.191 e. The maximum atomic E-state index is 5.82. The third kappa shape index (κ3) is 6.24. The molecular weight excluding hydrogens is 314 g/mol. The molecule has 0 aromatic heterocycles. The van der Waals surface area contributed by atoms with Crippen LogP contribution in [0.5, 0.6) is 5.75 Å². The van der Waals surface area contributed by atoms with Crippen LogP contribution in [0.2, 0.25) is 0 Å². The quantitative estimate of drug-likeness (QED) is 0.559. The van der Waals surface area contributed by atoms with Crippen LogP contribution in [0.15, 0.2) is 29.3 Å². The maximum Gasteiger partial charge on any atom is 0.191 e. The Bertz CT molecular complexity index is 536. The maximum absolute atomic E-state index is 5.82. The van der Waals surface area contributed by atoms with Gasteiger partial charge in [0.05, 0.1) is 19.3 Å². The van der Waals surface area contributed by atoms with Crippen molar-refractivity contribution in [3.63, 3.8) is 0 Å². The van der Waals surface area contributed by atoms with Crippen LogP contribution in [0.3, 0.4) is 0 Å². The van der Waals surface area contributed by atoms with Gasteiger partial charge < -0.3 is 20.1 Å². The molecule has 5 heteroatoms. The van der Waals surface area contributed by atoms with Gasteiger partial charge in [0.2, 0.25) is 0 Å². The standard InChI is InChI=1S/C20H33N3O2/c1-5-21-19(23-15-20(3)12-6-14-25-20)22-13-11-16(2)17-7-9-18(24-4)10-8-17/h7-10,16H,5-6,11-15H2,1-4H3,(H2,21,22,23). The molecule has 0 radical (unpaired) electrons. The van der Waals surface area contributed by atoms with Crippen molar-refractivity contribution in [2.75, 3.05) is 33.4 Å². The predicted octanol–water partition coefficient (Wildman–Crippen LogP) is 3.31. The summed E-state index contributed by atoms with van der Waals surface area (Å²) in [6.45, 7) is 9.80. The molecule has 1 heterocycles. The Labute approximate surface area is 152 Å². The second kappa shape index (κ2) is 9.66. The lowest BCUT2D eigenvalue weighted by molar-refractivity contribution is 0.0283. The molecule has 5 nitrogen and oxygen atoms in total. The van der Waals surface area contributed by atoms with Gasteiger partial charge in [-0.3, -0.25) is 4.99 Å². The van der Waals surface area contributed by atoms with Crippen LogP contribution in [-0.4, -0.2) is 44.9 Å². The summed E-state index contributed by atoms with van der Waals surface area (Å²) in [6.07, 6.45) is 3.27. The van der Waals surface area contributed by atoms with Crippen LogP contribution in [0.1, 0.15) is 51.5 Å². The minimum absolute atomic E-state index is 0.0985. The zero-order valence-electron chi connectivity index (χ0n) is 16.1. The SMILES string of the molecule is CCNC(=NCC1(C)CCCO1)NCCC(C)c1ccc(OC)cc1. The highest BCUT2D eigenvalue weighted by atomic mass is 16.5. The molecule has 0 bridgehead atoms. The fourth-order valence-corrected chi connectivity index (χ4v) is 3.06.